The summed E-state index contributed by atoms with van der Waals surface area (Å²) in [7, 11) is 1.96. The van der Waals surface area contributed by atoms with Crippen molar-refractivity contribution in [2.75, 3.05) is 6.61 Å². The van der Waals surface area contributed by atoms with E-state index >= 15 is 0 Å². The van der Waals surface area contributed by atoms with Crippen molar-refractivity contribution < 1.29 is 9.53 Å². The predicted molar refractivity (Wildman–Crippen MR) is 110 cm³/mol. The molecule has 1 aromatic carbocycles. The molecule has 0 aliphatic heterocycles. The fourth-order valence-corrected chi connectivity index (χ4v) is 3.22. The molecule has 0 saturated carbocycles. The quantitative estimate of drug-likeness (QED) is 0.721. The maximum absolute atomic E-state index is 12.7. The Balaban J connectivity index is 2.51. The van der Waals surface area contributed by atoms with E-state index in [1.54, 1.807) is 18.2 Å². The van der Waals surface area contributed by atoms with Crippen molar-refractivity contribution in [3.8, 4) is 0 Å². The van der Waals surface area contributed by atoms with E-state index in [4.69, 9.17) is 27.9 Å². The fourth-order valence-electron chi connectivity index (χ4n) is 2.84. The van der Waals surface area contributed by atoms with Crippen LogP contribution in [0.4, 0.5) is 0 Å². The number of carbonyl (C=O) groups excluding carboxylic acids is 1. The topological polar surface area (TPSA) is 48.5 Å². The number of nitrogens with zero attached hydrogens (tertiary/aromatic N) is 3. The SMILES string of the molecule is CC(C)OCCn1c(=NC(=O)c2cccc(Cl)c2Cl)cc(C(C)(C)C)n1C. The summed E-state index contributed by atoms with van der Waals surface area (Å²) in [4.78, 5) is 17.1. The second-order valence-corrected chi connectivity index (χ2v) is 8.51. The van der Waals surface area contributed by atoms with E-state index in [0.717, 1.165) is 5.69 Å². The molecule has 0 aliphatic rings. The lowest BCUT2D eigenvalue weighted by Gasteiger charge is -2.21. The Hall–Kier alpha value is -1.56. The number of aromatic nitrogens is 2. The van der Waals surface area contributed by atoms with Crippen molar-refractivity contribution in [2.24, 2.45) is 12.0 Å². The lowest BCUT2D eigenvalue weighted by molar-refractivity contribution is 0.0681. The third-order valence-corrected chi connectivity index (χ3v) is 4.98. The van der Waals surface area contributed by atoms with Gasteiger partial charge in [-0.2, -0.15) is 4.99 Å². The van der Waals surface area contributed by atoms with Gasteiger partial charge >= 0.3 is 0 Å². The van der Waals surface area contributed by atoms with Gasteiger partial charge in [-0.05, 0) is 26.0 Å². The summed E-state index contributed by atoms with van der Waals surface area (Å²) in [6.45, 7) is 11.5. The predicted octanol–water partition coefficient (Wildman–Crippen LogP) is 4.60. The molecule has 5 nitrogen and oxygen atoms in total. The van der Waals surface area contributed by atoms with Crippen LogP contribution in [-0.4, -0.2) is 28.0 Å². The average molecular weight is 412 g/mol. The van der Waals surface area contributed by atoms with Crippen molar-refractivity contribution in [1.82, 2.24) is 9.36 Å². The molecule has 1 heterocycles. The van der Waals surface area contributed by atoms with Gasteiger partial charge in [-0.25, -0.2) is 0 Å². The highest BCUT2D eigenvalue weighted by molar-refractivity contribution is 6.43. The van der Waals surface area contributed by atoms with Crippen molar-refractivity contribution in [2.45, 2.75) is 52.7 Å². The molecule has 27 heavy (non-hydrogen) atoms. The van der Waals surface area contributed by atoms with Crippen LogP contribution in [-0.2, 0) is 23.7 Å². The molecule has 0 atom stereocenters. The molecule has 2 aromatic rings. The molecule has 1 amide bonds. The summed E-state index contributed by atoms with van der Waals surface area (Å²) in [6, 6.07) is 6.89. The van der Waals surface area contributed by atoms with Crippen molar-refractivity contribution in [3.63, 3.8) is 0 Å². The highest BCUT2D eigenvalue weighted by Crippen LogP contribution is 2.26. The van der Waals surface area contributed by atoms with Crippen LogP contribution in [0.2, 0.25) is 10.0 Å². The summed E-state index contributed by atoms with van der Waals surface area (Å²) >= 11 is 12.2. The molecule has 7 heteroatoms. The number of hydrogen-bond acceptors (Lipinski definition) is 2. The van der Waals surface area contributed by atoms with Crippen LogP contribution in [0.15, 0.2) is 29.3 Å². The van der Waals surface area contributed by atoms with Crippen molar-refractivity contribution in [3.05, 3.63) is 51.1 Å². The normalized spacial score (nSPS) is 12.9. The molecular weight excluding hydrogens is 385 g/mol. The first-order chi connectivity index (χ1) is 12.5. The van der Waals surface area contributed by atoms with Gasteiger partial charge in [-0.3, -0.25) is 14.2 Å². The second-order valence-electron chi connectivity index (χ2n) is 7.72. The smallest absolute Gasteiger partial charge is 0.280 e. The van der Waals surface area contributed by atoms with E-state index < -0.39 is 5.91 Å². The van der Waals surface area contributed by atoms with Gasteiger partial charge in [0.25, 0.3) is 5.91 Å². The minimum Gasteiger partial charge on any atom is -0.377 e. The van der Waals surface area contributed by atoms with E-state index in [9.17, 15) is 4.79 Å². The lowest BCUT2D eigenvalue weighted by Crippen LogP contribution is -2.27. The van der Waals surface area contributed by atoms with Gasteiger partial charge in [0.05, 0.1) is 34.9 Å². The van der Waals surface area contributed by atoms with Gasteiger partial charge in [0.1, 0.15) is 0 Å². The number of hydrogen-bond donors (Lipinski definition) is 0. The minimum absolute atomic E-state index is 0.0973. The van der Waals surface area contributed by atoms with Crippen LogP contribution in [0.1, 0.15) is 50.7 Å². The van der Waals surface area contributed by atoms with Crippen LogP contribution in [0, 0.1) is 0 Å². The van der Waals surface area contributed by atoms with Crippen LogP contribution in [0.5, 0.6) is 0 Å². The Morgan fingerprint density at radius 2 is 1.93 bits per heavy atom. The Morgan fingerprint density at radius 3 is 2.52 bits per heavy atom. The molecule has 0 aliphatic carbocycles. The summed E-state index contributed by atoms with van der Waals surface area (Å²) in [5, 5.41) is 0.550. The highest BCUT2D eigenvalue weighted by Gasteiger charge is 2.21. The maximum atomic E-state index is 12.7. The van der Waals surface area contributed by atoms with E-state index in [0.29, 0.717) is 23.7 Å². The van der Waals surface area contributed by atoms with Gasteiger partial charge in [0.2, 0.25) is 0 Å². The van der Waals surface area contributed by atoms with Crippen LogP contribution in [0.25, 0.3) is 0 Å². The molecule has 1 aromatic heterocycles. The molecular formula is C20H27Cl2N3O2. The van der Waals surface area contributed by atoms with Gasteiger partial charge in [-0.1, -0.05) is 50.0 Å². The van der Waals surface area contributed by atoms with E-state index in [2.05, 4.69) is 25.8 Å². The molecule has 2 rings (SSSR count). The second kappa shape index (κ2) is 8.63. The third-order valence-electron chi connectivity index (χ3n) is 4.16. The van der Waals surface area contributed by atoms with Crippen molar-refractivity contribution >= 4 is 29.1 Å². The summed E-state index contributed by atoms with van der Waals surface area (Å²) in [5.74, 6) is -0.424. The molecule has 0 N–H and O–H groups in total. The number of rotatable bonds is 5. The maximum Gasteiger partial charge on any atom is 0.280 e. The minimum atomic E-state index is -0.424. The third kappa shape index (κ3) is 5.24. The summed E-state index contributed by atoms with van der Waals surface area (Å²) in [5.41, 5.74) is 1.82. The fraction of sp³-hybridized carbons (Fsp3) is 0.500. The standard InChI is InChI=1S/C20H27Cl2N3O2/c1-13(2)27-11-10-25-17(12-16(24(25)6)20(3,4)5)23-19(26)14-8-7-9-15(21)18(14)22/h7-9,12-13H,10-11H2,1-6H3. The Labute approximate surface area is 170 Å². The van der Waals surface area contributed by atoms with Crippen LogP contribution >= 0.6 is 23.2 Å². The molecule has 148 valence electrons. The van der Waals surface area contributed by atoms with Crippen molar-refractivity contribution in [1.29, 1.82) is 0 Å². The first-order valence-electron chi connectivity index (χ1n) is 8.94. The molecule has 0 spiro atoms. The molecule has 0 fully saturated rings. The molecule has 0 bridgehead atoms. The molecule has 0 radical (unpaired) electrons. The number of ether oxygens (including phenoxy) is 1. The van der Waals surface area contributed by atoms with E-state index in [1.165, 1.54) is 0 Å². The zero-order valence-corrected chi connectivity index (χ0v) is 18.2. The first-order valence-corrected chi connectivity index (χ1v) is 9.70. The van der Waals surface area contributed by atoms with E-state index in [-0.39, 0.29) is 22.1 Å². The van der Waals surface area contributed by atoms with Gasteiger partial charge in [0.15, 0.2) is 5.49 Å². The largest absolute Gasteiger partial charge is 0.377 e. The summed E-state index contributed by atoms with van der Waals surface area (Å²) in [6.07, 6.45) is 0.139. The zero-order chi connectivity index (χ0) is 20.4. The number of carbonyl (C=O) groups is 1. The highest BCUT2D eigenvalue weighted by atomic mass is 35.5. The lowest BCUT2D eigenvalue weighted by atomic mass is 9.92. The van der Waals surface area contributed by atoms with Gasteiger partial charge in [-0.15, -0.1) is 0 Å². The number of halogens is 2. The van der Waals surface area contributed by atoms with Crippen LogP contribution < -0.4 is 5.49 Å². The average Bonchev–Trinajstić information content (AvgIpc) is 2.86. The first kappa shape index (κ1) is 21.7. The Kier molecular flexibility index (Phi) is 6.95. The molecule has 0 saturated heterocycles. The van der Waals surface area contributed by atoms with E-state index in [1.807, 2.05) is 36.3 Å². The Morgan fingerprint density at radius 1 is 1.26 bits per heavy atom. The van der Waals surface area contributed by atoms with Crippen LogP contribution in [0.3, 0.4) is 0 Å². The number of benzene rings is 1. The van der Waals surface area contributed by atoms with Gasteiger partial charge < -0.3 is 4.74 Å². The molecule has 0 unspecified atom stereocenters. The monoisotopic (exact) mass is 411 g/mol. The zero-order valence-electron chi connectivity index (χ0n) is 16.7. The summed E-state index contributed by atoms with van der Waals surface area (Å²) < 4.78 is 9.64. The Bertz CT molecular complexity index is 890. The number of amides is 1. The van der Waals surface area contributed by atoms with Gasteiger partial charge in [0, 0.05) is 24.2 Å².